The van der Waals surface area contributed by atoms with Gasteiger partial charge < -0.3 is 23.8 Å². The fourth-order valence-corrected chi connectivity index (χ4v) is 4.60. The summed E-state index contributed by atoms with van der Waals surface area (Å²) in [5.74, 6) is -0.803. The molecule has 1 aromatic carbocycles. The average molecular weight is 530 g/mol. The van der Waals surface area contributed by atoms with Gasteiger partial charge in [-0.25, -0.2) is 9.36 Å². The van der Waals surface area contributed by atoms with Crippen molar-refractivity contribution in [3.8, 4) is 5.75 Å². The number of methoxy groups -OCH3 is 1. The summed E-state index contributed by atoms with van der Waals surface area (Å²) in [6.45, 7) is 1.44. The Bertz CT molecular complexity index is 1320. The number of carbonyl (C=O) groups excluding carboxylic acids is 1. The molecule has 0 radical (unpaired) electrons. The minimum absolute atomic E-state index is 0.0110. The molecular formula is C22H30N3O10P. The smallest absolute Gasteiger partial charge is 0.459 e. The highest BCUT2D eigenvalue weighted by Gasteiger charge is 2.47. The van der Waals surface area contributed by atoms with Crippen LogP contribution in [0.15, 0.2) is 52.2 Å². The number of nitrogens with one attached hydrogen (secondary N) is 2. The number of aromatic amines is 1. The van der Waals surface area contributed by atoms with Gasteiger partial charge >= 0.3 is 19.4 Å². The summed E-state index contributed by atoms with van der Waals surface area (Å²) in [7, 11) is -3.58. The third-order valence-electron chi connectivity index (χ3n) is 4.86. The van der Waals surface area contributed by atoms with E-state index >= 15 is 0 Å². The monoisotopic (exact) mass is 530 g/mol. The Morgan fingerprint density at radius 3 is 2.67 bits per heavy atom. The summed E-state index contributed by atoms with van der Waals surface area (Å²) in [4.78, 5) is 38.2. The highest BCUT2D eigenvalue weighted by molar-refractivity contribution is 7.52. The lowest BCUT2D eigenvalue weighted by Crippen LogP contribution is -2.39. The second-order valence-electron chi connectivity index (χ2n) is 8.03. The molecular weight excluding hydrogens is 497 g/mol. The Kier molecular flexibility index (Phi) is 7.84. The molecule has 3 N–H and O–H groups in total. The van der Waals surface area contributed by atoms with Crippen LogP contribution in [0.5, 0.6) is 5.75 Å². The largest absolute Gasteiger partial charge is 0.462 e. The van der Waals surface area contributed by atoms with E-state index in [1.165, 1.54) is 19.1 Å². The molecule has 0 bridgehead atoms. The van der Waals surface area contributed by atoms with Crippen LogP contribution in [0.3, 0.4) is 0 Å². The summed E-state index contributed by atoms with van der Waals surface area (Å²) < 4.78 is 65.9. The number of aliphatic hydroxyl groups is 1. The Morgan fingerprint density at radius 1 is 1.33 bits per heavy atom. The third-order valence-corrected chi connectivity index (χ3v) is 6.37. The number of benzene rings is 1. The summed E-state index contributed by atoms with van der Waals surface area (Å²) >= 11 is 0. The SMILES string of the molecule is [2H]c1cn([C@@H]2O[C@H](C([2H])([2H])O[P@@](=O)(N[C@@H](C)C(=O)OC(C)C)Oc3ccccc3)[C@@H](O)[C@H]2OC)c(=O)[nH]c1=O. The lowest BCUT2D eigenvalue weighted by molar-refractivity contribution is -0.149. The van der Waals surface area contributed by atoms with Gasteiger partial charge in [0.05, 0.1) is 16.8 Å². The van der Waals surface area contributed by atoms with E-state index < -0.39 is 74.3 Å². The van der Waals surface area contributed by atoms with Crippen molar-refractivity contribution in [2.24, 2.45) is 0 Å². The molecule has 0 spiro atoms. The van der Waals surface area contributed by atoms with Crippen LogP contribution in [-0.2, 0) is 28.1 Å². The van der Waals surface area contributed by atoms with Gasteiger partial charge in [0.15, 0.2) is 6.23 Å². The van der Waals surface area contributed by atoms with Gasteiger partial charge in [-0.15, -0.1) is 0 Å². The molecule has 1 aliphatic heterocycles. The standard InChI is InChI=1S/C22H30N3O10P/c1-13(2)33-21(28)14(3)24-36(30,35-15-8-6-5-7-9-15)32-12-16-18(27)19(31-4)20(34-16)25-11-10-17(26)23-22(25)29/h5-11,13-14,16,18-20,27H,12H2,1-4H3,(H,24,30)(H,23,26,29)/t14-,16+,18+,19+,20+,36-/m0/s1/i10D,12D2. The molecule has 0 amide bonds. The predicted octanol–water partition coefficient (Wildman–Crippen LogP) is 0.943. The molecule has 3 rings (SSSR count). The second-order valence-corrected chi connectivity index (χ2v) is 9.64. The van der Waals surface area contributed by atoms with Crippen LogP contribution in [0.2, 0.25) is 0 Å². The number of nitrogens with zero attached hydrogens (tertiary/aromatic N) is 1. The van der Waals surface area contributed by atoms with Gasteiger partial charge in [-0.1, -0.05) is 18.2 Å². The lowest BCUT2D eigenvalue weighted by Gasteiger charge is -2.25. The number of rotatable bonds is 11. The Labute approximate surface area is 211 Å². The van der Waals surface area contributed by atoms with E-state index in [2.05, 4.69) is 5.09 Å². The van der Waals surface area contributed by atoms with Gasteiger partial charge in [0.25, 0.3) is 5.56 Å². The number of hydrogen-bond donors (Lipinski definition) is 3. The van der Waals surface area contributed by atoms with Crippen LogP contribution in [0.25, 0.3) is 0 Å². The molecule has 198 valence electrons. The summed E-state index contributed by atoms with van der Waals surface area (Å²) in [5, 5.41) is 13.2. The highest BCUT2D eigenvalue weighted by atomic mass is 31.2. The number of para-hydroxylation sites is 1. The number of carbonyl (C=O) groups is 1. The molecule has 0 saturated carbocycles. The van der Waals surface area contributed by atoms with Gasteiger partial charge in [-0.3, -0.25) is 23.7 Å². The van der Waals surface area contributed by atoms with Gasteiger partial charge in [0, 0.05) is 19.3 Å². The van der Waals surface area contributed by atoms with Gasteiger partial charge in [-0.2, -0.15) is 5.09 Å². The maximum atomic E-state index is 13.8. The molecule has 1 aliphatic rings. The van der Waals surface area contributed by atoms with Gasteiger partial charge in [0.1, 0.15) is 30.1 Å². The van der Waals surface area contributed by atoms with Crippen molar-refractivity contribution in [2.45, 2.75) is 57.5 Å². The molecule has 14 heteroatoms. The maximum absolute atomic E-state index is 13.8. The van der Waals surface area contributed by atoms with E-state index in [9.17, 15) is 24.1 Å². The van der Waals surface area contributed by atoms with Crippen LogP contribution in [0, 0.1) is 0 Å². The molecule has 1 aromatic heterocycles. The van der Waals surface area contributed by atoms with Crippen molar-refractivity contribution in [3.05, 3.63) is 63.4 Å². The molecule has 0 unspecified atom stereocenters. The number of aromatic nitrogens is 2. The van der Waals surface area contributed by atoms with Gasteiger partial charge in [0.2, 0.25) is 0 Å². The van der Waals surface area contributed by atoms with Crippen molar-refractivity contribution in [3.63, 3.8) is 0 Å². The average Bonchev–Trinajstić information content (AvgIpc) is 3.17. The van der Waals surface area contributed by atoms with Crippen LogP contribution < -0.4 is 20.9 Å². The zero-order chi connectivity index (χ0) is 29.1. The minimum atomic E-state index is -4.74. The molecule has 0 aliphatic carbocycles. The van der Waals surface area contributed by atoms with Crippen molar-refractivity contribution < 1.29 is 41.8 Å². The predicted molar refractivity (Wildman–Crippen MR) is 126 cm³/mol. The van der Waals surface area contributed by atoms with Crippen LogP contribution in [0.1, 0.15) is 31.1 Å². The minimum Gasteiger partial charge on any atom is -0.462 e. The molecule has 36 heavy (non-hydrogen) atoms. The highest BCUT2D eigenvalue weighted by Crippen LogP contribution is 2.46. The van der Waals surface area contributed by atoms with E-state index in [4.69, 9.17) is 27.4 Å². The quantitative estimate of drug-likeness (QED) is 0.279. The number of ether oxygens (including phenoxy) is 3. The van der Waals surface area contributed by atoms with Crippen molar-refractivity contribution >= 4 is 13.7 Å². The van der Waals surface area contributed by atoms with Crippen LogP contribution in [-0.4, -0.2) is 64.8 Å². The van der Waals surface area contributed by atoms with Gasteiger partial charge in [-0.05, 0) is 32.9 Å². The first-order valence-corrected chi connectivity index (χ1v) is 12.4. The lowest BCUT2D eigenvalue weighted by atomic mass is 10.1. The van der Waals surface area contributed by atoms with Crippen LogP contribution >= 0.6 is 7.75 Å². The van der Waals surface area contributed by atoms with Crippen molar-refractivity contribution in [1.29, 1.82) is 0 Å². The molecule has 1 fully saturated rings. The maximum Gasteiger partial charge on any atom is 0.459 e. The van der Waals surface area contributed by atoms with Crippen molar-refractivity contribution in [1.82, 2.24) is 14.6 Å². The second kappa shape index (κ2) is 12.0. The Morgan fingerprint density at radius 2 is 2.03 bits per heavy atom. The zero-order valence-electron chi connectivity index (χ0n) is 22.9. The number of aliphatic hydroxyl groups excluding tert-OH is 1. The Hall–Kier alpha value is -2.80. The number of esters is 1. The first-order chi connectivity index (χ1) is 18.2. The molecule has 2 heterocycles. The third kappa shape index (κ3) is 6.90. The zero-order valence-corrected chi connectivity index (χ0v) is 20.8. The molecule has 13 nitrogen and oxygen atoms in total. The first kappa shape index (κ1) is 23.6. The van der Waals surface area contributed by atoms with E-state index in [-0.39, 0.29) is 5.75 Å². The Balaban J connectivity index is 1.93. The first-order valence-electron chi connectivity index (χ1n) is 12.4. The number of H-pyrrole nitrogens is 1. The van der Waals surface area contributed by atoms with Crippen LogP contribution in [0.4, 0.5) is 0 Å². The van der Waals surface area contributed by atoms with E-state index in [1.807, 2.05) is 4.98 Å². The molecule has 1 saturated heterocycles. The normalized spacial score (nSPS) is 25.9. The number of hydrogen-bond acceptors (Lipinski definition) is 10. The van der Waals surface area contributed by atoms with E-state index in [1.54, 1.807) is 32.0 Å². The summed E-state index contributed by atoms with van der Waals surface area (Å²) in [5.41, 5.74) is -1.97. The van der Waals surface area contributed by atoms with Crippen molar-refractivity contribution in [2.75, 3.05) is 13.7 Å². The summed E-state index contributed by atoms with van der Waals surface area (Å²) in [6.07, 6.45) is -6.25. The summed E-state index contributed by atoms with van der Waals surface area (Å²) in [6, 6.07) is 5.74. The molecule has 2 aromatic rings. The van der Waals surface area contributed by atoms with E-state index in [0.29, 0.717) is 0 Å². The van der Waals surface area contributed by atoms with E-state index in [0.717, 1.165) is 17.9 Å². The fraction of sp³-hybridized carbons (Fsp3) is 0.500. The topological polar surface area (TPSA) is 167 Å². The fourth-order valence-electron chi connectivity index (χ4n) is 3.24. The molecule has 6 atom stereocenters.